The van der Waals surface area contributed by atoms with Crippen molar-refractivity contribution >= 4 is 5.97 Å². The maximum Gasteiger partial charge on any atom is 0.306 e. The number of aliphatic carboxylic acids is 1. The van der Waals surface area contributed by atoms with Gasteiger partial charge < -0.3 is 14.8 Å². The maximum absolute atomic E-state index is 10.8. The largest absolute Gasteiger partial charge is 0.481 e. The zero-order valence-corrected chi connectivity index (χ0v) is 9.91. The smallest absolute Gasteiger partial charge is 0.306 e. The number of carbonyl (C=O) groups is 1. The van der Waals surface area contributed by atoms with Crippen LogP contribution in [-0.4, -0.2) is 31.3 Å². The predicted molar refractivity (Wildman–Crippen MR) is 61.5 cm³/mol. The van der Waals surface area contributed by atoms with Gasteiger partial charge in [0.15, 0.2) is 0 Å². The van der Waals surface area contributed by atoms with E-state index in [9.17, 15) is 9.90 Å². The average molecular weight is 249 g/mol. The standard InChI is InChI=1S/C12H15N3O3/c13-7-10-14-5-6-15(10)8-12(18)3-1-9(2-4-12)11(16)17/h5-6,9,18H,1-4,8H2,(H,16,17). The molecule has 1 aliphatic rings. The summed E-state index contributed by atoms with van der Waals surface area (Å²) in [5.41, 5.74) is -0.932. The highest BCUT2D eigenvalue weighted by Crippen LogP contribution is 2.33. The fraction of sp³-hybridized carbons (Fsp3) is 0.583. The third-order valence-corrected chi connectivity index (χ3v) is 3.55. The predicted octanol–water partition coefficient (Wildman–Crippen LogP) is 0.761. The molecule has 2 N–H and O–H groups in total. The minimum atomic E-state index is -0.932. The third kappa shape index (κ3) is 2.51. The summed E-state index contributed by atoms with van der Waals surface area (Å²) < 4.78 is 1.61. The molecule has 0 aromatic carbocycles. The van der Waals surface area contributed by atoms with Crippen molar-refractivity contribution in [3.63, 3.8) is 0 Å². The maximum atomic E-state index is 10.8. The average Bonchev–Trinajstić information content (AvgIpc) is 2.76. The molecule has 0 atom stereocenters. The number of aromatic nitrogens is 2. The molecule has 0 radical (unpaired) electrons. The molecule has 1 aliphatic carbocycles. The van der Waals surface area contributed by atoms with Gasteiger partial charge in [-0.1, -0.05) is 0 Å². The summed E-state index contributed by atoms with van der Waals surface area (Å²) in [5.74, 6) is -0.885. The molecule has 1 aromatic rings. The van der Waals surface area contributed by atoms with Crippen LogP contribution in [-0.2, 0) is 11.3 Å². The SMILES string of the molecule is N#Cc1nccn1CC1(O)CCC(C(=O)O)CC1. The van der Waals surface area contributed by atoms with Gasteiger partial charge in [0, 0.05) is 12.4 Å². The Bertz CT molecular complexity index is 481. The van der Waals surface area contributed by atoms with Crippen molar-refractivity contribution in [2.24, 2.45) is 5.92 Å². The van der Waals surface area contributed by atoms with Crippen molar-refractivity contribution in [1.29, 1.82) is 5.26 Å². The quantitative estimate of drug-likeness (QED) is 0.823. The summed E-state index contributed by atoms with van der Waals surface area (Å²) in [6.07, 6.45) is 5.00. The molecule has 1 heterocycles. The van der Waals surface area contributed by atoms with Gasteiger partial charge in [-0.25, -0.2) is 4.98 Å². The molecule has 6 nitrogen and oxygen atoms in total. The highest BCUT2D eigenvalue weighted by molar-refractivity contribution is 5.70. The Morgan fingerprint density at radius 1 is 1.61 bits per heavy atom. The number of carboxylic acid groups (broad SMARTS) is 1. The Morgan fingerprint density at radius 2 is 2.28 bits per heavy atom. The van der Waals surface area contributed by atoms with E-state index in [-0.39, 0.29) is 11.7 Å². The first-order chi connectivity index (χ1) is 8.54. The number of hydrogen-bond donors (Lipinski definition) is 2. The number of aliphatic hydroxyl groups is 1. The lowest BCUT2D eigenvalue weighted by Crippen LogP contribution is -2.39. The first-order valence-electron chi connectivity index (χ1n) is 5.90. The van der Waals surface area contributed by atoms with Gasteiger partial charge in [0.2, 0.25) is 5.82 Å². The van der Waals surface area contributed by atoms with Crippen molar-refractivity contribution < 1.29 is 15.0 Å². The van der Waals surface area contributed by atoms with Crippen LogP contribution in [0.25, 0.3) is 0 Å². The zero-order valence-electron chi connectivity index (χ0n) is 9.91. The molecular weight excluding hydrogens is 234 g/mol. The van der Waals surface area contributed by atoms with Gasteiger partial charge in [0.05, 0.1) is 18.1 Å². The summed E-state index contributed by atoms with van der Waals surface area (Å²) in [6.45, 7) is 0.294. The van der Waals surface area contributed by atoms with E-state index in [0.717, 1.165) is 0 Å². The minimum Gasteiger partial charge on any atom is -0.481 e. The van der Waals surface area contributed by atoms with Gasteiger partial charge in [0.25, 0.3) is 0 Å². The zero-order chi connectivity index (χ0) is 13.2. The summed E-state index contributed by atoms with van der Waals surface area (Å²) in [7, 11) is 0. The van der Waals surface area contributed by atoms with Crippen molar-refractivity contribution in [2.45, 2.75) is 37.8 Å². The second-order valence-corrected chi connectivity index (χ2v) is 4.83. The molecule has 0 aliphatic heterocycles. The molecule has 2 rings (SSSR count). The molecular formula is C12H15N3O3. The number of imidazole rings is 1. The van der Waals surface area contributed by atoms with Gasteiger partial charge in [-0.15, -0.1) is 0 Å². The van der Waals surface area contributed by atoms with Crippen molar-refractivity contribution in [3.8, 4) is 6.07 Å². The van der Waals surface area contributed by atoms with Crippen molar-refractivity contribution in [1.82, 2.24) is 9.55 Å². The van der Waals surface area contributed by atoms with Gasteiger partial charge in [-0.3, -0.25) is 4.79 Å². The van der Waals surface area contributed by atoms with E-state index in [1.54, 1.807) is 10.8 Å². The van der Waals surface area contributed by atoms with Crippen LogP contribution in [0.4, 0.5) is 0 Å². The summed E-state index contributed by atoms with van der Waals surface area (Å²) >= 11 is 0. The van der Waals surface area contributed by atoms with Crippen LogP contribution in [0.3, 0.4) is 0 Å². The molecule has 1 fully saturated rings. The Kier molecular flexibility index (Phi) is 3.34. The van der Waals surface area contributed by atoms with E-state index < -0.39 is 11.6 Å². The van der Waals surface area contributed by atoms with Crippen LogP contribution in [0.5, 0.6) is 0 Å². The molecule has 0 spiro atoms. The molecule has 6 heteroatoms. The molecule has 96 valence electrons. The van der Waals surface area contributed by atoms with E-state index >= 15 is 0 Å². The van der Waals surface area contributed by atoms with Crippen molar-refractivity contribution in [3.05, 3.63) is 18.2 Å². The summed E-state index contributed by atoms with van der Waals surface area (Å²) in [4.78, 5) is 14.7. The number of hydrogen-bond acceptors (Lipinski definition) is 4. The Hall–Kier alpha value is -1.87. The number of carboxylic acids is 1. The van der Waals surface area contributed by atoms with Gasteiger partial charge in [0.1, 0.15) is 6.07 Å². The second kappa shape index (κ2) is 4.78. The van der Waals surface area contributed by atoms with Crippen LogP contribution in [0.1, 0.15) is 31.5 Å². The van der Waals surface area contributed by atoms with E-state index in [0.29, 0.717) is 32.2 Å². The van der Waals surface area contributed by atoms with E-state index in [4.69, 9.17) is 10.4 Å². The normalized spacial score (nSPS) is 27.7. The van der Waals surface area contributed by atoms with Gasteiger partial charge in [-0.2, -0.15) is 5.26 Å². The van der Waals surface area contributed by atoms with Crippen LogP contribution >= 0.6 is 0 Å². The van der Waals surface area contributed by atoms with Gasteiger partial charge in [-0.05, 0) is 25.7 Å². The first-order valence-corrected chi connectivity index (χ1v) is 5.90. The Labute approximate surface area is 104 Å². The van der Waals surface area contributed by atoms with E-state index in [1.807, 2.05) is 6.07 Å². The fourth-order valence-electron chi connectivity index (χ4n) is 2.43. The fourth-order valence-corrected chi connectivity index (χ4v) is 2.43. The number of nitriles is 1. The molecule has 18 heavy (non-hydrogen) atoms. The van der Waals surface area contributed by atoms with Crippen LogP contribution in [0.2, 0.25) is 0 Å². The van der Waals surface area contributed by atoms with Gasteiger partial charge >= 0.3 is 5.97 Å². The second-order valence-electron chi connectivity index (χ2n) is 4.83. The lowest BCUT2D eigenvalue weighted by Gasteiger charge is -2.34. The van der Waals surface area contributed by atoms with Crippen molar-refractivity contribution in [2.75, 3.05) is 0 Å². The van der Waals surface area contributed by atoms with Crippen LogP contribution < -0.4 is 0 Å². The molecule has 0 bridgehead atoms. The monoisotopic (exact) mass is 249 g/mol. The highest BCUT2D eigenvalue weighted by Gasteiger charge is 2.36. The molecule has 0 saturated heterocycles. The molecule has 0 unspecified atom stereocenters. The van der Waals surface area contributed by atoms with E-state index in [2.05, 4.69) is 4.98 Å². The van der Waals surface area contributed by atoms with Crippen LogP contribution in [0, 0.1) is 17.2 Å². The topological polar surface area (TPSA) is 99.1 Å². The van der Waals surface area contributed by atoms with Crippen LogP contribution in [0.15, 0.2) is 12.4 Å². The minimum absolute atomic E-state index is 0.267. The lowest BCUT2D eigenvalue weighted by atomic mass is 9.79. The highest BCUT2D eigenvalue weighted by atomic mass is 16.4. The number of rotatable bonds is 3. The Morgan fingerprint density at radius 3 is 2.83 bits per heavy atom. The molecule has 1 aromatic heterocycles. The van der Waals surface area contributed by atoms with E-state index in [1.165, 1.54) is 6.20 Å². The molecule has 1 saturated carbocycles. The summed E-state index contributed by atoms with van der Waals surface area (Å²) in [6, 6.07) is 1.96. The molecule has 0 amide bonds. The number of nitrogens with zero attached hydrogens (tertiary/aromatic N) is 3. The Balaban J connectivity index is 2.02. The third-order valence-electron chi connectivity index (χ3n) is 3.55. The summed E-state index contributed by atoms with van der Waals surface area (Å²) in [5, 5.41) is 28.2. The lowest BCUT2D eigenvalue weighted by molar-refractivity contribution is -0.145. The first kappa shape index (κ1) is 12.6.